The van der Waals surface area contributed by atoms with Gasteiger partial charge in [0.1, 0.15) is 0 Å². The quantitative estimate of drug-likeness (QED) is 0.674. The number of nitrogens with zero attached hydrogens (tertiary/aromatic N) is 1. The molecule has 17 heavy (non-hydrogen) atoms. The van der Waals surface area contributed by atoms with Crippen LogP contribution in [0.1, 0.15) is 32.1 Å². The van der Waals surface area contributed by atoms with Gasteiger partial charge in [-0.3, -0.25) is 4.90 Å². The van der Waals surface area contributed by atoms with Gasteiger partial charge in [-0.05, 0) is 37.6 Å². The maximum atomic E-state index is 12.8. The van der Waals surface area contributed by atoms with Crippen molar-refractivity contribution in [2.45, 2.75) is 38.3 Å². The van der Waals surface area contributed by atoms with Crippen molar-refractivity contribution < 1.29 is 13.2 Å². The number of halogens is 3. The SMILES string of the molecule is C=CCN1CC[C@@]2(CCC[C@@H](C(F)(F)F)C2)C1. The van der Waals surface area contributed by atoms with E-state index in [9.17, 15) is 13.2 Å². The molecule has 1 aliphatic heterocycles. The minimum Gasteiger partial charge on any atom is -0.299 e. The highest BCUT2D eigenvalue weighted by molar-refractivity contribution is 4.96. The van der Waals surface area contributed by atoms with Gasteiger partial charge in [-0.15, -0.1) is 6.58 Å². The summed E-state index contributed by atoms with van der Waals surface area (Å²) in [5, 5.41) is 0. The summed E-state index contributed by atoms with van der Waals surface area (Å²) in [6.45, 7) is 6.25. The number of hydrogen-bond acceptors (Lipinski definition) is 1. The van der Waals surface area contributed by atoms with Crippen molar-refractivity contribution in [1.82, 2.24) is 4.90 Å². The molecule has 0 radical (unpaired) electrons. The van der Waals surface area contributed by atoms with E-state index < -0.39 is 12.1 Å². The van der Waals surface area contributed by atoms with Crippen LogP contribution in [0.3, 0.4) is 0 Å². The van der Waals surface area contributed by atoms with Gasteiger partial charge in [-0.1, -0.05) is 12.5 Å². The Morgan fingerprint density at radius 2 is 2.12 bits per heavy atom. The third-order valence-corrected chi connectivity index (χ3v) is 4.31. The summed E-state index contributed by atoms with van der Waals surface area (Å²) in [4.78, 5) is 2.23. The Labute approximate surface area is 101 Å². The summed E-state index contributed by atoms with van der Waals surface area (Å²) in [7, 11) is 0. The summed E-state index contributed by atoms with van der Waals surface area (Å²) in [6.07, 6.45) is 1.12. The van der Waals surface area contributed by atoms with Gasteiger partial charge >= 0.3 is 6.18 Å². The van der Waals surface area contributed by atoms with Gasteiger partial charge in [0, 0.05) is 13.1 Å². The fourth-order valence-electron chi connectivity index (χ4n) is 3.47. The van der Waals surface area contributed by atoms with Gasteiger partial charge in [0.25, 0.3) is 0 Å². The zero-order valence-electron chi connectivity index (χ0n) is 10.1. The van der Waals surface area contributed by atoms with Crippen molar-refractivity contribution in [2.75, 3.05) is 19.6 Å². The number of likely N-dealkylation sites (tertiary alicyclic amines) is 1. The molecule has 1 heterocycles. The lowest BCUT2D eigenvalue weighted by molar-refractivity contribution is -0.191. The van der Waals surface area contributed by atoms with E-state index in [4.69, 9.17) is 0 Å². The Morgan fingerprint density at radius 3 is 2.76 bits per heavy atom. The third kappa shape index (κ3) is 2.84. The zero-order chi connectivity index (χ0) is 12.5. The lowest BCUT2D eigenvalue weighted by Crippen LogP contribution is -2.37. The largest absolute Gasteiger partial charge is 0.391 e. The highest BCUT2D eigenvalue weighted by Crippen LogP contribution is 2.50. The van der Waals surface area contributed by atoms with Crippen molar-refractivity contribution in [1.29, 1.82) is 0 Å². The molecular formula is C13H20F3N. The van der Waals surface area contributed by atoms with Crippen LogP contribution in [0.5, 0.6) is 0 Å². The Morgan fingerprint density at radius 1 is 1.35 bits per heavy atom. The van der Waals surface area contributed by atoms with Gasteiger partial charge in [0.15, 0.2) is 0 Å². The van der Waals surface area contributed by atoms with Crippen molar-refractivity contribution in [3.8, 4) is 0 Å². The van der Waals surface area contributed by atoms with Crippen molar-refractivity contribution in [3.63, 3.8) is 0 Å². The lowest BCUT2D eigenvalue weighted by Gasteiger charge is -2.38. The summed E-state index contributed by atoms with van der Waals surface area (Å²) >= 11 is 0. The molecule has 1 nitrogen and oxygen atoms in total. The maximum absolute atomic E-state index is 12.8. The van der Waals surface area contributed by atoms with Crippen LogP contribution in [0.15, 0.2) is 12.7 Å². The molecule has 0 aromatic rings. The molecule has 4 heteroatoms. The minimum absolute atomic E-state index is 0.0680. The second kappa shape index (κ2) is 4.63. The van der Waals surface area contributed by atoms with E-state index in [1.165, 1.54) is 0 Å². The second-order valence-electron chi connectivity index (χ2n) is 5.61. The molecule has 0 bridgehead atoms. The van der Waals surface area contributed by atoms with Crippen molar-refractivity contribution in [2.24, 2.45) is 11.3 Å². The van der Waals surface area contributed by atoms with Crippen LogP contribution >= 0.6 is 0 Å². The number of alkyl halides is 3. The fourth-order valence-corrected chi connectivity index (χ4v) is 3.47. The highest BCUT2D eigenvalue weighted by Gasteiger charge is 2.49. The zero-order valence-corrected chi connectivity index (χ0v) is 10.1. The first kappa shape index (κ1) is 12.9. The summed E-state index contributed by atoms with van der Waals surface area (Å²) < 4.78 is 38.4. The van der Waals surface area contributed by atoms with Crippen LogP contribution in [0.2, 0.25) is 0 Å². The van der Waals surface area contributed by atoms with Gasteiger partial charge in [0.05, 0.1) is 5.92 Å². The van der Waals surface area contributed by atoms with Crippen LogP contribution < -0.4 is 0 Å². The minimum atomic E-state index is -4.00. The molecule has 1 spiro atoms. The average molecular weight is 247 g/mol. The van der Waals surface area contributed by atoms with Crippen molar-refractivity contribution in [3.05, 3.63) is 12.7 Å². The summed E-state index contributed by atoms with van der Waals surface area (Å²) in [5.74, 6) is -1.07. The monoisotopic (exact) mass is 247 g/mol. The summed E-state index contributed by atoms with van der Waals surface area (Å²) in [6, 6.07) is 0. The second-order valence-corrected chi connectivity index (χ2v) is 5.61. The smallest absolute Gasteiger partial charge is 0.299 e. The van der Waals surface area contributed by atoms with E-state index in [0.717, 1.165) is 38.9 Å². The molecule has 0 aromatic heterocycles. The molecule has 0 unspecified atom stereocenters. The molecule has 0 N–H and O–H groups in total. The maximum Gasteiger partial charge on any atom is 0.391 e. The van der Waals surface area contributed by atoms with Crippen LogP contribution in [0.4, 0.5) is 13.2 Å². The summed E-state index contributed by atoms with van der Waals surface area (Å²) in [5.41, 5.74) is -0.0680. The molecule has 0 aromatic carbocycles. The molecule has 1 aliphatic carbocycles. The molecule has 2 rings (SSSR count). The predicted molar refractivity (Wildman–Crippen MR) is 61.7 cm³/mol. The average Bonchev–Trinajstić information content (AvgIpc) is 2.61. The normalized spacial score (nSPS) is 35.4. The van der Waals surface area contributed by atoms with Gasteiger partial charge < -0.3 is 0 Å². The molecule has 2 atom stereocenters. The molecular weight excluding hydrogens is 227 g/mol. The van der Waals surface area contributed by atoms with Crippen LogP contribution in [-0.4, -0.2) is 30.7 Å². The van der Waals surface area contributed by atoms with Crippen molar-refractivity contribution >= 4 is 0 Å². The fraction of sp³-hybridized carbons (Fsp3) is 0.846. The molecule has 98 valence electrons. The van der Waals surface area contributed by atoms with E-state index in [1.54, 1.807) is 0 Å². The Balaban J connectivity index is 2.00. The van der Waals surface area contributed by atoms with E-state index >= 15 is 0 Å². The van der Waals surface area contributed by atoms with Crippen LogP contribution in [0.25, 0.3) is 0 Å². The highest BCUT2D eigenvalue weighted by atomic mass is 19.4. The van der Waals surface area contributed by atoms with E-state index in [1.807, 2.05) is 6.08 Å². The Kier molecular flexibility index (Phi) is 3.53. The Hall–Kier alpha value is -0.510. The molecule has 2 aliphatic rings. The topological polar surface area (TPSA) is 3.24 Å². The van der Waals surface area contributed by atoms with Crippen LogP contribution in [0, 0.1) is 11.3 Å². The van der Waals surface area contributed by atoms with E-state index in [2.05, 4.69) is 11.5 Å². The van der Waals surface area contributed by atoms with E-state index in [0.29, 0.717) is 12.8 Å². The first-order valence-corrected chi connectivity index (χ1v) is 6.35. The van der Waals surface area contributed by atoms with Gasteiger partial charge in [-0.2, -0.15) is 13.2 Å². The molecule has 1 saturated heterocycles. The van der Waals surface area contributed by atoms with Gasteiger partial charge in [-0.25, -0.2) is 0 Å². The first-order valence-electron chi connectivity index (χ1n) is 6.35. The lowest BCUT2D eigenvalue weighted by atomic mass is 9.69. The molecule has 0 amide bonds. The Bertz CT molecular complexity index is 287. The molecule has 1 saturated carbocycles. The molecule has 2 fully saturated rings. The predicted octanol–water partition coefficient (Wildman–Crippen LogP) is 3.62. The number of hydrogen-bond donors (Lipinski definition) is 0. The van der Waals surface area contributed by atoms with E-state index in [-0.39, 0.29) is 5.41 Å². The van der Waals surface area contributed by atoms with Crippen LogP contribution in [-0.2, 0) is 0 Å². The number of rotatable bonds is 2. The standard InChI is InChI=1S/C13H20F3N/c1-2-7-17-8-6-12(10-17)5-3-4-11(9-12)13(14,15)16/h2,11H,1,3-10H2/t11-,12-/m1/s1. The van der Waals surface area contributed by atoms with Gasteiger partial charge in [0.2, 0.25) is 0 Å². The third-order valence-electron chi connectivity index (χ3n) is 4.31. The first-order chi connectivity index (χ1) is 7.95.